The van der Waals surface area contributed by atoms with Crippen LogP contribution in [-0.2, 0) is 4.74 Å². The molecule has 1 aliphatic rings. The summed E-state index contributed by atoms with van der Waals surface area (Å²) >= 11 is 0.0702. The van der Waals surface area contributed by atoms with Crippen molar-refractivity contribution in [1.82, 2.24) is 4.98 Å². The minimum absolute atomic E-state index is 0.0702. The van der Waals surface area contributed by atoms with Gasteiger partial charge < -0.3 is 0 Å². The summed E-state index contributed by atoms with van der Waals surface area (Å²) in [6, 6.07) is 10.1. The summed E-state index contributed by atoms with van der Waals surface area (Å²) in [6.07, 6.45) is 3.72. The quantitative estimate of drug-likeness (QED) is 0.619. The van der Waals surface area contributed by atoms with Crippen LogP contribution in [0.2, 0.25) is 0 Å². The third-order valence-corrected chi connectivity index (χ3v) is 6.19. The van der Waals surface area contributed by atoms with E-state index in [9.17, 15) is 4.79 Å². The maximum absolute atomic E-state index is 12.3. The van der Waals surface area contributed by atoms with Gasteiger partial charge in [-0.3, -0.25) is 0 Å². The van der Waals surface area contributed by atoms with Gasteiger partial charge in [0.1, 0.15) is 0 Å². The SMILES string of the molecule is CCOC(=O)c1nc(N2CCCCC2)[se]c1-c1ccccc1. The van der Waals surface area contributed by atoms with E-state index < -0.39 is 0 Å². The molecule has 0 radical (unpaired) electrons. The average molecular weight is 363 g/mol. The number of carbonyl (C=O) groups is 1. The zero-order chi connectivity index (χ0) is 15.4. The van der Waals surface area contributed by atoms with Gasteiger partial charge in [0.2, 0.25) is 0 Å². The number of esters is 1. The summed E-state index contributed by atoms with van der Waals surface area (Å²) in [5, 5.41) is 0. The van der Waals surface area contributed by atoms with E-state index in [1.54, 1.807) is 0 Å². The third kappa shape index (κ3) is 3.26. The molecule has 22 heavy (non-hydrogen) atoms. The molecule has 5 heteroatoms. The molecule has 0 aliphatic carbocycles. The summed E-state index contributed by atoms with van der Waals surface area (Å²) in [6.45, 7) is 4.32. The molecular formula is C17H20N2O2Se. The Morgan fingerprint density at radius 3 is 2.64 bits per heavy atom. The van der Waals surface area contributed by atoms with Crippen molar-refractivity contribution >= 4 is 25.2 Å². The van der Waals surface area contributed by atoms with Crippen molar-refractivity contribution in [1.29, 1.82) is 0 Å². The first kappa shape index (κ1) is 15.3. The fourth-order valence-electron chi connectivity index (χ4n) is 2.65. The van der Waals surface area contributed by atoms with Crippen molar-refractivity contribution < 1.29 is 9.53 Å². The Morgan fingerprint density at radius 1 is 1.23 bits per heavy atom. The summed E-state index contributed by atoms with van der Waals surface area (Å²) in [7, 11) is 0. The number of rotatable bonds is 4. The Morgan fingerprint density at radius 2 is 1.95 bits per heavy atom. The minimum atomic E-state index is -0.296. The van der Waals surface area contributed by atoms with Crippen LogP contribution in [0.4, 0.5) is 4.69 Å². The number of aromatic nitrogens is 1. The van der Waals surface area contributed by atoms with Crippen LogP contribution in [0.1, 0.15) is 36.7 Å². The van der Waals surface area contributed by atoms with Gasteiger partial charge in [-0.05, 0) is 0 Å². The van der Waals surface area contributed by atoms with E-state index in [1.165, 1.54) is 19.3 Å². The summed E-state index contributed by atoms with van der Waals surface area (Å²) in [5.41, 5.74) is 1.59. The summed E-state index contributed by atoms with van der Waals surface area (Å²) < 4.78 is 7.33. The monoisotopic (exact) mass is 364 g/mol. The van der Waals surface area contributed by atoms with Gasteiger partial charge in [0.15, 0.2) is 0 Å². The van der Waals surface area contributed by atoms with Crippen LogP contribution in [0.15, 0.2) is 30.3 Å². The molecule has 1 aromatic heterocycles. The topological polar surface area (TPSA) is 42.4 Å². The molecule has 0 bridgehead atoms. The third-order valence-electron chi connectivity index (χ3n) is 3.75. The molecule has 0 spiro atoms. The first-order valence-corrected chi connectivity index (χ1v) is 9.49. The molecule has 0 unspecified atom stereocenters. The van der Waals surface area contributed by atoms with Crippen LogP contribution < -0.4 is 4.90 Å². The number of nitrogens with zero attached hydrogens (tertiary/aromatic N) is 2. The average Bonchev–Trinajstić information content (AvgIpc) is 3.02. The fraction of sp³-hybridized carbons (Fsp3) is 0.412. The number of piperidine rings is 1. The van der Waals surface area contributed by atoms with E-state index >= 15 is 0 Å². The molecule has 116 valence electrons. The van der Waals surface area contributed by atoms with Gasteiger partial charge in [-0.2, -0.15) is 0 Å². The molecule has 0 N–H and O–H groups in total. The molecule has 2 heterocycles. The number of hydrogen-bond donors (Lipinski definition) is 0. The number of anilines is 1. The van der Waals surface area contributed by atoms with E-state index in [-0.39, 0.29) is 20.5 Å². The second kappa shape index (κ2) is 7.12. The van der Waals surface area contributed by atoms with Gasteiger partial charge in [-0.1, -0.05) is 0 Å². The normalized spacial score (nSPS) is 14.9. The summed E-state index contributed by atoms with van der Waals surface area (Å²) in [5.74, 6) is -0.296. The van der Waals surface area contributed by atoms with Crippen molar-refractivity contribution in [2.24, 2.45) is 0 Å². The van der Waals surface area contributed by atoms with E-state index in [0.29, 0.717) is 12.3 Å². The molecule has 1 aliphatic heterocycles. The van der Waals surface area contributed by atoms with Crippen molar-refractivity contribution in [2.75, 3.05) is 24.6 Å². The molecule has 1 saturated heterocycles. The molecule has 0 amide bonds. The van der Waals surface area contributed by atoms with Gasteiger partial charge in [0.05, 0.1) is 0 Å². The first-order valence-electron chi connectivity index (χ1n) is 7.78. The Hall–Kier alpha value is -1.58. The van der Waals surface area contributed by atoms with Crippen molar-refractivity contribution in [3.8, 4) is 10.0 Å². The van der Waals surface area contributed by atoms with Crippen LogP contribution in [-0.4, -0.2) is 45.2 Å². The van der Waals surface area contributed by atoms with Crippen LogP contribution in [0.25, 0.3) is 10.0 Å². The number of carbonyl (C=O) groups excluding carboxylic acids is 1. The van der Waals surface area contributed by atoms with Crippen molar-refractivity contribution in [3.63, 3.8) is 0 Å². The molecule has 0 atom stereocenters. The Bertz CT molecular complexity index is 633. The maximum atomic E-state index is 12.3. The van der Waals surface area contributed by atoms with Crippen LogP contribution in [0, 0.1) is 0 Å². The Labute approximate surface area is 136 Å². The van der Waals surface area contributed by atoms with E-state index in [1.807, 2.05) is 37.3 Å². The second-order valence-electron chi connectivity index (χ2n) is 5.31. The van der Waals surface area contributed by atoms with Crippen LogP contribution >= 0.6 is 0 Å². The fourth-order valence-corrected chi connectivity index (χ4v) is 4.98. The van der Waals surface area contributed by atoms with E-state index in [4.69, 9.17) is 4.74 Å². The predicted molar refractivity (Wildman–Crippen MR) is 88.6 cm³/mol. The van der Waals surface area contributed by atoms with Gasteiger partial charge in [-0.15, -0.1) is 0 Å². The number of benzene rings is 1. The van der Waals surface area contributed by atoms with Crippen molar-refractivity contribution in [3.05, 3.63) is 36.0 Å². The zero-order valence-corrected chi connectivity index (χ0v) is 14.5. The molecule has 0 saturated carbocycles. The van der Waals surface area contributed by atoms with Gasteiger partial charge >= 0.3 is 136 Å². The summed E-state index contributed by atoms with van der Waals surface area (Å²) in [4.78, 5) is 19.3. The van der Waals surface area contributed by atoms with Crippen LogP contribution in [0.3, 0.4) is 0 Å². The van der Waals surface area contributed by atoms with Gasteiger partial charge in [0.25, 0.3) is 0 Å². The molecule has 2 aromatic rings. The molecule has 3 rings (SSSR count). The zero-order valence-electron chi connectivity index (χ0n) is 12.7. The molecular weight excluding hydrogens is 343 g/mol. The molecule has 1 aromatic carbocycles. The van der Waals surface area contributed by atoms with E-state index in [0.717, 1.165) is 27.8 Å². The van der Waals surface area contributed by atoms with E-state index in [2.05, 4.69) is 9.88 Å². The number of hydrogen-bond acceptors (Lipinski definition) is 4. The number of ether oxygens (including phenoxy) is 1. The standard InChI is InChI=1S/C17H20N2O2Se/c1-2-21-16(20)14-15(13-9-5-3-6-10-13)22-17(18-14)19-11-7-4-8-12-19/h3,5-6,9-10H,2,4,7-8,11-12H2,1H3. The van der Waals surface area contributed by atoms with Crippen LogP contribution in [0.5, 0.6) is 0 Å². The Kier molecular flexibility index (Phi) is 4.96. The Balaban J connectivity index is 1.98. The first-order chi connectivity index (χ1) is 10.8. The van der Waals surface area contributed by atoms with Gasteiger partial charge in [0, 0.05) is 0 Å². The van der Waals surface area contributed by atoms with Gasteiger partial charge in [-0.25, -0.2) is 0 Å². The molecule has 1 fully saturated rings. The predicted octanol–water partition coefficient (Wildman–Crippen LogP) is 2.97. The molecule has 4 nitrogen and oxygen atoms in total. The van der Waals surface area contributed by atoms with Crippen molar-refractivity contribution in [2.45, 2.75) is 26.2 Å². The second-order valence-corrected chi connectivity index (χ2v) is 7.36.